The van der Waals surface area contributed by atoms with Crippen molar-refractivity contribution in [3.8, 4) is 0 Å². The van der Waals surface area contributed by atoms with Gasteiger partial charge in [-0.1, -0.05) is 57.7 Å². The number of fused-ring (bicyclic) bond motifs is 3. The van der Waals surface area contributed by atoms with Crippen molar-refractivity contribution in [1.29, 1.82) is 0 Å². The Morgan fingerprint density at radius 3 is 2.24 bits per heavy atom. The zero-order chi connectivity index (χ0) is 31.0. The fraction of sp³-hybridized carbons (Fsp3) is 0.588. The molecule has 0 aromatic heterocycles. The number of esters is 3. The lowest BCUT2D eigenvalue weighted by Crippen LogP contribution is -2.63. The second-order valence-corrected chi connectivity index (χ2v) is 12.8. The lowest BCUT2D eigenvalue weighted by molar-refractivity contribution is -0.200. The van der Waals surface area contributed by atoms with Crippen molar-refractivity contribution in [1.82, 2.24) is 0 Å². The highest BCUT2D eigenvalue weighted by Gasteiger charge is 2.63. The highest BCUT2D eigenvalue weighted by atomic mass is 16.6. The number of aryl methyl sites for hydroxylation is 1. The highest BCUT2D eigenvalue weighted by Crippen LogP contribution is 2.60. The molecule has 2 saturated carbocycles. The molecule has 1 aromatic rings. The van der Waals surface area contributed by atoms with Crippen molar-refractivity contribution >= 4 is 23.7 Å². The molecule has 3 aliphatic rings. The highest BCUT2D eigenvalue weighted by molar-refractivity contribution is 5.97. The quantitative estimate of drug-likeness (QED) is 0.242. The molecule has 4 rings (SSSR count). The second kappa shape index (κ2) is 12.2. The minimum Gasteiger partial charge on any atom is -0.462 e. The van der Waals surface area contributed by atoms with E-state index in [0.717, 1.165) is 11.1 Å². The third-order valence-corrected chi connectivity index (χ3v) is 9.84. The SMILES string of the molecule is C=C1C2[C@H](OC(C)=O)C3CC(=O)C(C)=C(C(OC)[C@H](OC(=O)CCc4ccccc4)C2(C)CC[C@@H]1OC(C)=O)C3(C)C. The molecular weight excluding hydrogens is 536 g/mol. The molecule has 2 fully saturated rings. The third-order valence-electron chi connectivity index (χ3n) is 9.84. The van der Waals surface area contributed by atoms with E-state index in [-0.39, 0.29) is 18.6 Å². The summed E-state index contributed by atoms with van der Waals surface area (Å²) in [4.78, 5) is 51.7. The fourth-order valence-corrected chi connectivity index (χ4v) is 7.80. The van der Waals surface area contributed by atoms with Crippen LogP contribution in [0.25, 0.3) is 0 Å². The molecule has 2 bridgehead atoms. The van der Waals surface area contributed by atoms with Gasteiger partial charge >= 0.3 is 17.9 Å². The normalized spacial score (nSPS) is 32.3. The first-order valence-corrected chi connectivity index (χ1v) is 14.8. The van der Waals surface area contributed by atoms with Crippen molar-refractivity contribution in [2.75, 3.05) is 7.11 Å². The molecule has 0 aliphatic heterocycles. The van der Waals surface area contributed by atoms with Crippen LogP contribution in [0.3, 0.4) is 0 Å². The van der Waals surface area contributed by atoms with Crippen molar-refractivity contribution in [2.24, 2.45) is 22.7 Å². The molecule has 0 amide bonds. The Morgan fingerprint density at radius 2 is 1.64 bits per heavy atom. The average molecular weight is 581 g/mol. The topological polar surface area (TPSA) is 105 Å². The predicted molar refractivity (Wildman–Crippen MR) is 156 cm³/mol. The Morgan fingerprint density at radius 1 is 1.00 bits per heavy atom. The molecule has 228 valence electrons. The van der Waals surface area contributed by atoms with Gasteiger partial charge in [0.1, 0.15) is 24.4 Å². The van der Waals surface area contributed by atoms with E-state index in [9.17, 15) is 19.2 Å². The van der Waals surface area contributed by atoms with Crippen LogP contribution in [-0.4, -0.2) is 55.2 Å². The van der Waals surface area contributed by atoms with E-state index < -0.39 is 65.0 Å². The molecule has 0 saturated heterocycles. The third kappa shape index (κ3) is 5.83. The van der Waals surface area contributed by atoms with Crippen LogP contribution < -0.4 is 0 Å². The smallest absolute Gasteiger partial charge is 0.306 e. The lowest BCUT2D eigenvalue weighted by Gasteiger charge is -2.59. The van der Waals surface area contributed by atoms with Crippen molar-refractivity contribution < 1.29 is 38.1 Å². The summed E-state index contributed by atoms with van der Waals surface area (Å²) < 4.78 is 24.4. The summed E-state index contributed by atoms with van der Waals surface area (Å²) in [6, 6.07) is 9.71. The molecule has 8 nitrogen and oxygen atoms in total. The summed E-state index contributed by atoms with van der Waals surface area (Å²) in [6.45, 7) is 15.0. The summed E-state index contributed by atoms with van der Waals surface area (Å²) >= 11 is 0. The lowest BCUT2D eigenvalue weighted by atomic mass is 9.49. The number of Topliss-reactive ketones (excluding diaryl/α,β-unsaturated/α-hetero) is 1. The van der Waals surface area contributed by atoms with Gasteiger partial charge < -0.3 is 18.9 Å². The maximum atomic E-state index is 13.6. The van der Waals surface area contributed by atoms with Gasteiger partial charge in [0.05, 0.1) is 0 Å². The molecule has 7 atom stereocenters. The number of methoxy groups -OCH3 is 1. The van der Waals surface area contributed by atoms with E-state index in [1.54, 1.807) is 14.0 Å². The number of rotatable bonds is 7. The zero-order valence-electron chi connectivity index (χ0n) is 25.9. The number of ketones is 1. The van der Waals surface area contributed by atoms with Crippen LogP contribution in [0.2, 0.25) is 0 Å². The first-order valence-electron chi connectivity index (χ1n) is 14.8. The second-order valence-electron chi connectivity index (χ2n) is 12.8. The Bertz CT molecular complexity index is 1280. The van der Waals surface area contributed by atoms with Gasteiger partial charge in [0.25, 0.3) is 0 Å². The molecular formula is C34H44O8. The predicted octanol–water partition coefficient (Wildman–Crippen LogP) is 5.33. The van der Waals surface area contributed by atoms with E-state index in [2.05, 4.69) is 6.58 Å². The first-order chi connectivity index (χ1) is 19.7. The van der Waals surface area contributed by atoms with Crippen molar-refractivity contribution in [3.05, 3.63) is 59.2 Å². The molecule has 0 spiro atoms. The van der Waals surface area contributed by atoms with Gasteiger partial charge in [0.2, 0.25) is 0 Å². The van der Waals surface area contributed by atoms with E-state index in [1.807, 2.05) is 51.1 Å². The minimum absolute atomic E-state index is 0.0655. The van der Waals surface area contributed by atoms with Crippen LogP contribution in [0, 0.1) is 22.7 Å². The largest absolute Gasteiger partial charge is 0.462 e. The summed E-state index contributed by atoms with van der Waals surface area (Å²) in [5.41, 5.74) is 1.47. The molecule has 1 aromatic carbocycles. The van der Waals surface area contributed by atoms with E-state index >= 15 is 0 Å². The van der Waals surface area contributed by atoms with Crippen LogP contribution in [-0.2, 0) is 44.5 Å². The van der Waals surface area contributed by atoms with Crippen LogP contribution in [0.4, 0.5) is 0 Å². The minimum atomic E-state index is -0.833. The standard InChI is InChI=1S/C34H44O8/c1-19-25(37)18-24-30(41-22(4)36)29-20(2)26(40-21(3)35)16-17-34(29,7)32(31(39-8)28(19)33(24,5)6)42-27(38)15-14-23-12-10-9-11-13-23/h9-13,24,26,29-32H,2,14-18H2,1,3-8H3/t24?,26-,29?,30+,31?,32-,34?/m0/s1. The van der Waals surface area contributed by atoms with E-state index in [0.29, 0.717) is 30.4 Å². The van der Waals surface area contributed by atoms with Gasteiger partial charge in [-0.05, 0) is 53.9 Å². The molecule has 0 heterocycles. The van der Waals surface area contributed by atoms with Crippen molar-refractivity contribution in [2.45, 2.75) is 98.1 Å². The van der Waals surface area contributed by atoms with Gasteiger partial charge in [-0.25, -0.2) is 0 Å². The van der Waals surface area contributed by atoms with E-state index in [4.69, 9.17) is 18.9 Å². The van der Waals surface area contributed by atoms with Gasteiger partial charge in [-0.2, -0.15) is 0 Å². The number of hydrogen-bond acceptors (Lipinski definition) is 8. The molecule has 4 unspecified atom stereocenters. The molecule has 3 aliphatic carbocycles. The van der Waals surface area contributed by atoms with Gasteiger partial charge in [0, 0.05) is 51.0 Å². The number of benzene rings is 1. The number of carbonyl (C=O) groups is 4. The van der Waals surface area contributed by atoms with Crippen LogP contribution in [0.5, 0.6) is 0 Å². The summed E-state index contributed by atoms with van der Waals surface area (Å²) in [6.07, 6.45) is -1.15. The Kier molecular flexibility index (Phi) is 9.17. The maximum absolute atomic E-state index is 13.6. The van der Waals surface area contributed by atoms with E-state index in [1.165, 1.54) is 13.8 Å². The van der Waals surface area contributed by atoms with Crippen LogP contribution >= 0.6 is 0 Å². The van der Waals surface area contributed by atoms with Gasteiger partial charge in [-0.15, -0.1) is 0 Å². The van der Waals surface area contributed by atoms with Crippen molar-refractivity contribution in [3.63, 3.8) is 0 Å². The molecule has 42 heavy (non-hydrogen) atoms. The van der Waals surface area contributed by atoms with Crippen LogP contribution in [0.15, 0.2) is 53.6 Å². The molecule has 0 radical (unpaired) electrons. The number of carbonyl (C=O) groups excluding carboxylic acids is 4. The summed E-state index contributed by atoms with van der Waals surface area (Å²) in [5.74, 6) is -2.37. The Balaban J connectivity index is 1.87. The number of ether oxygens (including phenoxy) is 4. The van der Waals surface area contributed by atoms with Gasteiger partial charge in [0.15, 0.2) is 5.78 Å². The Hall–Kier alpha value is -3.26. The fourth-order valence-electron chi connectivity index (χ4n) is 7.80. The number of allylic oxidation sites excluding steroid dienone is 1. The summed E-state index contributed by atoms with van der Waals surface area (Å²) in [5, 5.41) is 0. The summed E-state index contributed by atoms with van der Waals surface area (Å²) in [7, 11) is 1.57. The average Bonchev–Trinajstić information content (AvgIpc) is 2.92. The monoisotopic (exact) mass is 580 g/mol. The molecule has 8 heteroatoms. The molecule has 0 N–H and O–H groups in total. The van der Waals surface area contributed by atoms with Gasteiger partial charge in [-0.3, -0.25) is 19.2 Å². The zero-order valence-corrected chi connectivity index (χ0v) is 25.9. The van der Waals surface area contributed by atoms with Crippen LogP contribution in [0.1, 0.15) is 72.8 Å². The number of hydrogen-bond donors (Lipinski definition) is 0. The Labute approximate surface area is 248 Å². The first kappa shape index (κ1) is 31.7. The maximum Gasteiger partial charge on any atom is 0.306 e.